The van der Waals surface area contributed by atoms with E-state index in [9.17, 15) is 8.42 Å². The SMILES string of the molecule is CC(C)(C)c1ccc(S(=O)(=O)Nc2c3c(nn2-c2cccc4ncccc24)CCC3)cc1. The molecule has 164 valence electrons. The number of rotatable bonds is 4. The number of aryl methyl sites for hydroxylation is 1. The normalized spacial score (nSPS) is 14.0. The molecule has 1 aliphatic carbocycles. The summed E-state index contributed by atoms with van der Waals surface area (Å²) in [5.41, 5.74) is 4.62. The van der Waals surface area contributed by atoms with Crippen LogP contribution in [0, 0.1) is 0 Å². The molecule has 0 atom stereocenters. The lowest BCUT2D eigenvalue weighted by molar-refractivity contribution is 0.587. The summed E-state index contributed by atoms with van der Waals surface area (Å²) in [4.78, 5) is 4.67. The molecule has 1 N–H and O–H groups in total. The molecule has 2 aromatic heterocycles. The molecule has 2 aromatic carbocycles. The van der Waals surface area contributed by atoms with Crippen LogP contribution in [0.3, 0.4) is 0 Å². The summed E-state index contributed by atoms with van der Waals surface area (Å²) in [5.74, 6) is 0.522. The number of fused-ring (bicyclic) bond motifs is 2. The molecule has 0 bridgehead atoms. The van der Waals surface area contributed by atoms with Gasteiger partial charge in [0.25, 0.3) is 10.0 Å². The predicted molar refractivity (Wildman–Crippen MR) is 127 cm³/mol. The van der Waals surface area contributed by atoms with Gasteiger partial charge in [0.05, 0.1) is 21.8 Å². The molecule has 7 heteroatoms. The zero-order valence-electron chi connectivity index (χ0n) is 18.5. The molecule has 0 saturated heterocycles. The van der Waals surface area contributed by atoms with Crippen LogP contribution in [0.15, 0.2) is 65.7 Å². The lowest BCUT2D eigenvalue weighted by Crippen LogP contribution is -2.18. The Morgan fingerprint density at radius 2 is 1.75 bits per heavy atom. The minimum atomic E-state index is -3.78. The number of hydrogen-bond donors (Lipinski definition) is 1. The maximum absolute atomic E-state index is 13.3. The van der Waals surface area contributed by atoms with Crippen molar-refractivity contribution in [1.82, 2.24) is 14.8 Å². The van der Waals surface area contributed by atoms with Crippen molar-refractivity contribution in [3.8, 4) is 5.69 Å². The Kier molecular flexibility index (Phi) is 4.82. The summed E-state index contributed by atoms with van der Waals surface area (Å²) in [5, 5.41) is 5.72. The third kappa shape index (κ3) is 3.56. The fourth-order valence-electron chi connectivity index (χ4n) is 4.26. The van der Waals surface area contributed by atoms with Gasteiger partial charge in [0.1, 0.15) is 5.82 Å². The van der Waals surface area contributed by atoms with Crippen molar-refractivity contribution in [2.45, 2.75) is 50.3 Å². The molecule has 5 rings (SSSR count). The number of nitrogens with zero attached hydrogens (tertiary/aromatic N) is 3. The van der Waals surface area contributed by atoms with E-state index in [0.717, 1.165) is 52.7 Å². The highest BCUT2D eigenvalue weighted by molar-refractivity contribution is 7.92. The third-order valence-electron chi connectivity index (χ3n) is 6.02. The van der Waals surface area contributed by atoms with Crippen molar-refractivity contribution in [3.05, 3.63) is 77.6 Å². The zero-order chi connectivity index (χ0) is 22.5. The Hall–Kier alpha value is -3.19. The third-order valence-corrected chi connectivity index (χ3v) is 7.37. The fraction of sp³-hybridized carbons (Fsp3) is 0.280. The molecule has 0 aliphatic heterocycles. The monoisotopic (exact) mass is 446 g/mol. The number of pyridine rings is 1. The molecule has 2 heterocycles. The number of benzene rings is 2. The summed E-state index contributed by atoms with van der Waals surface area (Å²) in [7, 11) is -3.78. The highest BCUT2D eigenvalue weighted by atomic mass is 32.2. The Balaban J connectivity index is 1.60. The molecule has 32 heavy (non-hydrogen) atoms. The summed E-state index contributed by atoms with van der Waals surface area (Å²) in [6.07, 6.45) is 4.38. The number of nitrogens with one attached hydrogen (secondary N) is 1. The zero-order valence-corrected chi connectivity index (χ0v) is 19.3. The van der Waals surface area contributed by atoms with Crippen LogP contribution in [0.5, 0.6) is 0 Å². The molecule has 0 spiro atoms. The summed E-state index contributed by atoms with van der Waals surface area (Å²) < 4.78 is 31.3. The molecule has 0 radical (unpaired) electrons. The minimum absolute atomic E-state index is 0.0441. The van der Waals surface area contributed by atoms with Crippen molar-refractivity contribution in [1.29, 1.82) is 0 Å². The molecule has 0 saturated carbocycles. The van der Waals surface area contributed by atoms with Crippen molar-refractivity contribution < 1.29 is 8.42 Å². The van der Waals surface area contributed by atoms with E-state index in [0.29, 0.717) is 5.82 Å². The molecule has 0 amide bonds. The van der Waals surface area contributed by atoms with Crippen molar-refractivity contribution >= 4 is 26.7 Å². The maximum Gasteiger partial charge on any atom is 0.263 e. The number of aromatic nitrogens is 3. The van der Waals surface area contributed by atoms with E-state index in [1.807, 2.05) is 42.5 Å². The molecule has 1 aliphatic rings. The Morgan fingerprint density at radius 3 is 2.50 bits per heavy atom. The molecule has 0 unspecified atom stereocenters. The van der Waals surface area contributed by atoms with E-state index in [1.165, 1.54) is 0 Å². The quantitative estimate of drug-likeness (QED) is 0.478. The maximum atomic E-state index is 13.3. The summed E-state index contributed by atoms with van der Waals surface area (Å²) >= 11 is 0. The van der Waals surface area contributed by atoms with Gasteiger partial charge in [-0.1, -0.05) is 39.0 Å². The largest absolute Gasteiger partial charge is 0.263 e. The minimum Gasteiger partial charge on any atom is -0.263 e. The number of hydrogen-bond acceptors (Lipinski definition) is 4. The van der Waals surface area contributed by atoms with Crippen LogP contribution in [0.2, 0.25) is 0 Å². The van der Waals surface area contributed by atoms with Gasteiger partial charge in [0.2, 0.25) is 0 Å². The van der Waals surface area contributed by atoms with E-state index in [4.69, 9.17) is 5.10 Å². The second-order valence-electron chi connectivity index (χ2n) is 9.27. The van der Waals surface area contributed by atoms with Crippen LogP contribution in [-0.4, -0.2) is 23.2 Å². The smallest absolute Gasteiger partial charge is 0.263 e. The molecular weight excluding hydrogens is 420 g/mol. The van der Waals surface area contributed by atoms with Gasteiger partial charge >= 0.3 is 0 Å². The average Bonchev–Trinajstić information content (AvgIpc) is 3.35. The highest BCUT2D eigenvalue weighted by Gasteiger charge is 2.27. The Bertz CT molecular complexity index is 1410. The number of sulfonamides is 1. The Morgan fingerprint density at radius 1 is 0.969 bits per heavy atom. The van der Waals surface area contributed by atoms with Crippen LogP contribution in [-0.2, 0) is 28.3 Å². The van der Waals surface area contributed by atoms with Gasteiger partial charge in [0, 0.05) is 17.1 Å². The van der Waals surface area contributed by atoms with E-state index < -0.39 is 10.0 Å². The van der Waals surface area contributed by atoms with Gasteiger partial charge < -0.3 is 0 Å². The molecule has 4 aromatic rings. The van der Waals surface area contributed by atoms with Gasteiger partial charge in [-0.3, -0.25) is 9.71 Å². The highest BCUT2D eigenvalue weighted by Crippen LogP contribution is 2.34. The van der Waals surface area contributed by atoms with E-state index >= 15 is 0 Å². The first-order valence-corrected chi connectivity index (χ1v) is 12.3. The van der Waals surface area contributed by atoms with Crippen LogP contribution >= 0.6 is 0 Å². The van der Waals surface area contributed by atoms with Crippen LogP contribution < -0.4 is 4.72 Å². The summed E-state index contributed by atoms with van der Waals surface area (Å²) in [6.45, 7) is 6.32. The molecular formula is C25H26N4O2S. The fourth-order valence-corrected chi connectivity index (χ4v) is 5.34. The summed E-state index contributed by atoms with van der Waals surface area (Å²) in [6, 6.07) is 16.8. The van der Waals surface area contributed by atoms with Gasteiger partial charge in [-0.2, -0.15) is 5.10 Å². The second-order valence-corrected chi connectivity index (χ2v) is 10.9. The van der Waals surface area contributed by atoms with Crippen molar-refractivity contribution in [2.24, 2.45) is 0 Å². The Labute approximate surface area is 188 Å². The first kappa shape index (κ1) is 20.7. The lowest BCUT2D eigenvalue weighted by atomic mass is 9.87. The second kappa shape index (κ2) is 7.45. The first-order valence-electron chi connectivity index (χ1n) is 10.8. The van der Waals surface area contributed by atoms with Crippen LogP contribution in [0.25, 0.3) is 16.6 Å². The van der Waals surface area contributed by atoms with Gasteiger partial charge in [-0.05, 0) is 66.6 Å². The molecule has 6 nitrogen and oxygen atoms in total. The standard InChI is InChI=1S/C25H26N4O2S/c1-25(2,3)17-12-14-18(15-13-17)32(30,31)28-24-20-7-4-10-22(20)27-29(24)23-11-5-9-21-19(23)8-6-16-26-21/h5-6,8-9,11-16,28H,4,7,10H2,1-3H3. The van der Waals surface area contributed by atoms with Crippen LogP contribution in [0.1, 0.15) is 44.0 Å². The molecule has 0 fully saturated rings. The van der Waals surface area contributed by atoms with E-state index in [-0.39, 0.29) is 10.3 Å². The van der Waals surface area contributed by atoms with Gasteiger partial charge in [0.15, 0.2) is 0 Å². The predicted octanol–water partition coefficient (Wildman–Crippen LogP) is 5.01. The first-order chi connectivity index (χ1) is 15.2. The average molecular weight is 447 g/mol. The number of anilines is 1. The van der Waals surface area contributed by atoms with Crippen molar-refractivity contribution in [3.63, 3.8) is 0 Å². The van der Waals surface area contributed by atoms with Crippen molar-refractivity contribution in [2.75, 3.05) is 4.72 Å². The van der Waals surface area contributed by atoms with E-state index in [1.54, 1.807) is 23.0 Å². The van der Waals surface area contributed by atoms with Gasteiger partial charge in [-0.15, -0.1) is 0 Å². The van der Waals surface area contributed by atoms with Crippen LogP contribution in [0.4, 0.5) is 5.82 Å². The topological polar surface area (TPSA) is 76.9 Å². The van der Waals surface area contributed by atoms with Gasteiger partial charge in [-0.25, -0.2) is 13.1 Å². The lowest BCUT2D eigenvalue weighted by Gasteiger charge is -2.19. The van der Waals surface area contributed by atoms with E-state index in [2.05, 4.69) is 30.5 Å².